The molecule has 1 aromatic carbocycles. The summed E-state index contributed by atoms with van der Waals surface area (Å²) in [6.45, 7) is 0. The van der Waals surface area contributed by atoms with Crippen molar-refractivity contribution in [2.24, 2.45) is 5.73 Å². The quantitative estimate of drug-likeness (QED) is 0.892. The lowest BCUT2D eigenvalue weighted by molar-refractivity contribution is -0.138. The SMILES string of the molecule is NC(Cc1ccc(C2CCSC2)c(Cl)c1)C(=O)O. The van der Waals surface area contributed by atoms with Crippen molar-refractivity contribution in [3.05, 3.63) is 34.3 Å². The van der Waals surface area contributed by atoms with E-state index >= 15 is 0 Å². The lowest BCUT2D eigenvalue weighted by Gasteiger charge is -2.13. The summed E-state index contributed by atoms with van der Waals surface area (Å²) in [6.07, 6.45) is 1.48. The monoisotopic (exact) mass is 285 g/mol. The fraction of sp³-hybridized carbons (Fsp3) is 0.462. The van der Waals surface area contributed by atoms with Crippen molar-refractivity contribution < 1.29 is 9.90 Å². The van der Waals surface area contributed by atoms with Crippen molar-refractivity contribution in [2.45, 2.75) is 24.8 Å². The first-order valence-electron chi connectivity index (χ1n) is 5.92. The van der Waals surface area contributed by atoms with Gasteiger partial charge in [0, 0.05) is 10.8 Å². The Kier molecular flexibility index (Phi) is 4.54. The molecule has 1 aromatic rings. The molecule has 0 bridgehead atoms. The molecule has 0 amide bonds. The first-order chi connectivity index (χ1) is 8.58. The Hall–Kier alpha value is -0.710. The zero-order chi connectivity index (χ0) is 13.1. The molecule has 0 aromatic heterocycles. The van der Waals surface area contributed by atoms with E-state index in [2.05, 4.69) is 0 Å². The van der Waals surface area contributed by atoms with E-state index < -0.39 is 12.0 Å². The number of nitrogens with two attached hydrogens (primary N) is 1. The maximum Gasteiger partial charge on any atom is 0.320 e. The number of carboxylic acids is 1. The summed E-state index contributed by atoms with van der Waals surface area (Å²) in [5, 5.41) is 9.51. The second kappa shape index (κ2) is 5.95. The van der Waals surface area contributed by atoms with E-state index in [9.17, 15) is 4.79 Å². The molecule has 0 radical (unpaired) electrons. The minimum atomic E-state index is -0.984. The van der Waals surface area contributed by atoms with Gasteiger partial charge < -0.3 is 10.8 Å². The number of halogens is 1. The summed E-state index contributed by atoms with van der Waals surface area (Å²) in [5.41, 5.74) is 7.57. The Labute approximate surface area is 116 Å². The molecule has 2 rings (SSSR count). The van der Waals surface area contributed by atoms with Gasteiger partial charge in [0.1, 0.15) is 6.04 Å². The van der Waals surface area contributed by atoms with Crippen LogP contribution in [0.4, 0.5) is 0 Å². The first-order valence-corrected chi connectivity index (χ1v) is 7.45. The van der Waals surface area contributed by atoms with Crippen molar-refractivity contribution >= 4 is 29.3 Å². The van der Waals surface area contributed by atoms with Gasteiger partial charge >= 0.3 is 5.97 Å². The Balaban J connectivity index is 2.11. The first kappa shape index (κ1) is 13.7. The summed E-state index contributed by atoms with van der Waals surface area (Å²) >= 11 is 8.22. The van der Waals surface area contributed by atoms with Gasteiger partial charge in [-0.3, -0.25) is 4.79 Å². The van der Waals surface area contributed by atoms with Gasteiger partial charge in [0.2, 0.25) is 0 Å². The van der Waals surface area contributed by atoms with Crippen LogP contribution >= 0.6 is 23.4 Å². The molecular weight excluding hydrogens is 270 g/mol. The summed E-state index contributed by atoms with van der Waals surface area (Å²) in [7, 11) is 0. The van der Waals surface area contributed by atoms with Crippen LogP contribution in [-0.4, -0.2) is 28.6 Å². The third-order valence-electron chi connectivity index (χ3n) is 3.21. The second-order valence-electron chi connectivity index (χ2n) is 4.57. The number of rotatable bonds is 4. The average molecular weight is 286 g/mol. The number of hydrogen-bond acceptors (Lipinski definition) is 3. The van der Waals surface area contributed by atoms with Crippen LogP contribution < -0.4 is 5.73 Å². The van der Waals surface area contributed by atoms with Crippen LogP contribution in [0.2, 0.25) is 5.02 Å². The smallest absolute Gasteiger partial charge is 0.320 e. The molecule has 2 atom stereocenters. The number of hydrogen-bond donors (Lipinski definition) is 2. The van der Waals surface area contributed by atoms with E-state index in [1.54, 1.807) is 0 Å². The number of carbonyl (C=O) groups is 1. The lowest BCUT2D eigenvalue weighted by atomic mass is 9.96. The average Bonchev–Trinajstić information content (AvgIpc) is 2.82. The van der Waals surface area contributed by atoms with E-state index in [-0.39, 0.29) is 0 Å². The van der Waals surface area contributed by atoms with Crippen molar-refractivity contribution in [3.63, 3.8) is 0 Å². The van der Waals surface area contributed by atoms with Crippen LogP contribution in [0.25, 0.3) is 0 Å². The molecule has 2 unspecified atom stereocenters. The molecule has 3 N–H and O–H groups in total. The van der Waals surface area contributed by atoms with Crippen LogP contribution in [0.5, 0.6) is 0 Å². The van der Waals surface area contributed by atoms with Gasteiger partial charge in [0.15, 0.2) is 0 Å². The normalized spacial score (nSPS) is 20.9. The highest BCUT2D eigenvalue weighted by atomic mass is 35.5. The molecular formula is C13H16ClNO2S. The van der Waals surface area contributed by atoms with Gasteiger partial charge in [-0.15, -0.1) is 0 Å². The summed E-state index contributed by atoms with van der Waals surface area (Å²) in [4.78, 5) is 10.7. The standard InChI is InChI=1S/C13H16ClNO2S/c14-11-5-8(6-12(15)13(16)17)1-2-10(11)9-3-4-18-7-9/h1-2,5,9,12H,3-4,6-7,15H2,(H,16,17). The van der Waals surface area contributed by atoms with Crippen LogP contribution in [0.3, 0.4) is 0 Å². The molecule has 1 heterocycles. The largest absolute Gasteiger partial charge is 0.480 e. The molecule has 3 nitrogen and oxygen atoms in total. The van der Waals surface area contributed by atoms with E-state index in [0.717, 1.165) is 16.3 Å². The zero-order valence-corrected chi connectivity index (χ0v) is 11.5. The van der Waals surface area contributed by atoms with E-state index in [1.807, 2.05) is 30.0 Å². The number of aliphatic carboxylic acids is 1. The minimum absolute atomic E-state index is 0.314. The predicted octanol–water partition coefficient (Wildman–Crippen LogP) is 2.51. The molecule has 1 fully saturated rings. The van der Waals surface area contributed by atoms with Crippen LogP contribution in [0.15, 0.2) is 18.2 Å². The highest BCUT2D eigenvalue weighted by Gasteiger charge is 2.20. The highest BCUT2D eigenvalue weighted by molar-refractivity contribution is 7.99. The molecule has 1 saturated heterocycles. The van der Waals surface area contributed by atoms with E-state index in [1.165, 1.54) is 17.7 Å². The predicted molar refractivity (Wildman–Crippen MR) is 75.5 cm³/mol. The topological polar surface area (TPSA) is 63.3 Å². The number of carboxylic acid groups (broad SMARTS) is 1. The molecule has 5 heteroatoms. The fourth-order valence-corrected chi connectivity index (χ4v) is 3.76. The molecule has 1 aliphatic rings. The van der Waals surface area contributed by atoms with Gasteiger partial charge in [0.25, 0.3) is 0 Å². The lowest BCUT2D eigenvalue weighted by Crippen LogP contribution is -2.32. The second-order valence-corrected chi connectivity index (χ2v) is 6.12. The van der Waals surface area contributed by atoms with Crippen LogP contribution in [0, 0.1) is 0 Å². The number of benzene rings is 1. The van der Waals surface area contributed by atoms with Gasteiger partial charge in [-0.25, -0.2) is 0 Å². The van der Waals surface area contributed by atoms with Gasteiger partial charge in [-0.05, 0) is 41.7 Å². The Morgan fingerprint density at radius 2 is 2.39 bits per heavy atom. The molecule has 0 saturated carbocycles. The third-order valence-corrected chi connectivity index (χ3v) is 4.70. The fourth-order valence-electron chi connectivity index (χ4n) is 2.15. The summed E-state index contributed by atoms with van der Waals surface area (Å²) < 4.78 is 0. The van der Waals surface area contributed by atoms with E-state index in [4.69, 9.17) is 22.4 Å². The van der Waals surface area contributed by atoms with Crippen molar-refractivity contribution in [1.82, 2.24) is 0 Å². The van der Waals surface area contributed by atoms with E-state index in [0.29, 0.717) is 12.3 Å². The molecule has 1 aliphatic heterocycles. The number of thioether (sulfide) groups is 1. The van der Waals surface area contributed by atoms with Crippen LogP contribution in [0.1, 0.15) is 23.5 Å². The van der Waals surface area contributed by atoms with Crippen molar-refractivity contribution in [3.8, 4) is 0 Å². The minimum Gasteiger partial charge on any atom is -0.480 e. The molecule has 0 spiro atoms. The maximum absolute atomic E-state index is 10.7. The zero-order valence-electron chi connectivity index (χ0n) is 9.93. The molecule has 0 aliphatic carbocycles. The molecule has 98 valence electrons. The maximum atomic E-state index is 10.7. The van der Waals surface area contributed by atoms with Gasteiger partial charge in [-0.2, -0.15) is 11.8 Å². The summed E-state index contributed by atoms with van der Waals surface area (Å²) in [6, 6.07) is 4.94. The third kappa shape index (κ3) is 3.19. The van der Waals surface area contributed by atoms with Crippen molar-refractivity contribution in [2.75, 3.05) is 11.5 Å². The highest BCUT2D eigenvalue weighted by Crippen LogP contribution is 2.36. The van der Waals surface area contributed by atoms with Gasteiger partial charge in [-0.1, -0.05) is 23.7 Å². The Morgan fingerprint density at radius 3 is 2.94 bits per heavy atom. The van der Waals surface area contributed by atoms with Gasteiger partial charge in [0.05, 0.1) is 0 Å². The van der Waals surface area contributed by atoms with Crippen molar-refractivity contribution in [1.29, 1.82) is 0 Å². The molecule has 18 heavy (non-hydrogen) atoms. The van der Waals surface area contributed by atoms with Crippen LogP contribution in [-0.2, 0) is 11.2 Å². The summed E-state index contributed by atoms with van der Waals surface area (Å²) in [5.74, 6) is 1.85. The Morgan fingerprint density at radius 1 is 1.61 bits per heavy atom. The Bertz CT molecular complexity index is 447.